The zero-order valence-electron chi connectivity index (χ0n) is 18.9. The molecule has 1 N–H and O–H groups in total. The summed E-state index contributed by atoms with van der Waals surface area (Å²) in [4.78, 5) is 0. The molecule has 0 aliphatic carbocycles. The van der Waals surface area contributed by atoms with Crippen molar-refractivity contribution >= 4 is 0 Å². The van der Waals surface area contributed by atoms with Crippen molar-refractivity contribution < 1.29 is 14.6 Å². The number of hydrogen-bond donors (Lipinski definition) is 1. The second-order valence-corrected chi connectivity index (χ2v) is 6.73. The van der Waals surface area contributed by atoms with Crippen LogP contribution in [-0.4, -0.2) is 40.8 Å². The first-order valence-electron chi connectivity index (χ1n) is 10.8. The maximum absolute atomic E-state index is 8.63. The van der Waals surface area contributed by atoms with E-state index in [-0.39, 0.29) is 0 Å². The average Bonchev–Trinajstić information content (AvgIpc) is 2.82. The van der Waals surface area contributed by atoms with Crippen molar-refractivity contribution in [2.24, 2.45) is 0 Å². The van der Waals surface area contributed by atoms with Crippen molar-refractivity contribution in [3.8, 4) is 11.5 Å². The molecule has 3 rings (SSSR count). The second-order valence-electron chi connectivity index (χ2n) is 6.73. The van der Waals surface area contributed by atoms with Gasteiger partial charge in [-0.25, -0.2) is 0 Å². The topological polar surface area (TPSA) is 77.4 Å². The van der Waals surface area contributed by atoms with Crippen LogP contribution in [0.1, 0.15) is 50.8 Å². The molecule has 0 unspecified atom stereocenters. The lowest BCUT2D eigenvalue weighted by Crippen LogP contribution is -1.95. The molecular weight excluding hydrogens is 390 g/mol. The molecule has 1 aromatic heterocycles. The lowest BCUT2D eigenvalue weighted by atomic mass is 10.1. The normalized spacial score (nSPS) is 9.65. The van der Waals surface area contributed by atoms with Crippen LogP contribution in [-0.2, 0) is 11.2 Å². The monoisotopic (exact) mass is 425 g/mol. The molecule has 6 nitrogen and oxygen atoms in total. The fourth-order valence-electron chi connectivity index (χ4n) is 2.52. The van der Waals surface area contributed by atoms with Gasteiger partial charge in [-0.15, -0.1) is 10.2 Å². The molecule has 0 radical (unpaired) electrons. The summed E-state index contributed by atoms with van der Waals surface area (Å²) in [6, 6.07) is 18.5. The van der Waals surface area contributed by atoms with Crippen LogP contribution in [0.2, 0.25) is 0 Å². The molecule has 0 spiro atoms. The Balaban J connectivity index is 0.000000257. The zero-order chi connectivity index (χ0) is 22.6. The SMILES string of the molecule is CCCCCCOCC.COc1ccc(Cc2ccnnn2)cc1.Oc1ccccc1. The Kier molecular flexibility index (Phi) is 15.0. The van der Waals surface area contributed by atoms with E-state index in [1.807, 2.05) is 43.3 Å². The number of ether oxygens (including phenoxy) is 2. The summed E-state index contributed by atoms with van der Waals surface area (Å²) in [5.41, 5.74) is 2.09. The van der Waals surface area contributed by atoms with Gasteiger partial charge in [0, 0.05) is 19.6 Å². The number of aromatic hydroxyl groups is 1. The van der Waals surface area contributed by atoms with Crippen molar-refractivity contribution in [1.82, 2.24) is 15.4 Å². The Labute approximate surface area is 186 Å². The number of para-hydroxylation sites is 1. The van der Waals surface area contributed by atoms with Gasteiger partial charge in [0.25, 0.3) is 0 Å². The Morgan fingerprint density at radius 3 is 2.13 bits per heavy atom. The van der Waals surface area contributed by atoms with Crippen LogP contribution in [0, 0.1) is 0 Å². The maximum Gasteiger partial charge on any atom is 0.118 e. The first-order valence-corrected chi connectivity index (χ1v) is 10.8. The summed E-state index contributed by atoms with van der Waals surface area (Å²) in [6.07, 6.45) is 7.64. The van der Waals surface area contributed by atoms with Crippen LogP contribution < -0.4 is 4.74 Å². The van der Waals surface area contributed by atoms with Gasteiger partial charge in [0.2, 0.25) is 0 Å². The Hall–Kier alpha value is -2.99. The predicted octanol–water partition coefficient (Wildman–Crippen LogP) is 5.47. The number of phenolic OH excluding ortho intramolecular Hbond substituents is 1. The van der Waals surface area contributed by atoms with Gasteiger partial charge in [-0.3, -0.25) is 0 Å². The third-order valence-corrected chi connectivity index (χ3v) is 4.21. The standard InChI is InChI=1S/C11H11N3O.C8H18O.C6H6O/c1-15-11-4-2-9(3-5-11)8-10-6-7-12-14-13-10;1-3-5-6-7-8-9-4-2;7-6-4-2-1-3-5-6/h2-7H,8H2,1H3;3-8H2,1-2H3;1-5,7H. The molecule has 0 bridgehead atoms. The molecule has 168 valence electrons. The van der Waals surface area contributed by atoms with E-state index >= 15 is 0 Å². The second kappa shape index (κ2) is 17.8. The minimum atomic E-state index is 0.322. The van der Waals surface area contributed by atoms with Crippen LogP contribution in [0.4, 0.5) is 0 Å². The molecule has 0 saturated carbocycles. The van der Waals surface area contributed by atoms with Gasteiger partial charge >= 0.3 is 0 Å². The zero-order valence-corrected chi connectivity index (χ0v) is 18.9. The first-order chi connectivity index (χ1) is 15.2. The number of rotatable bonds is 9. The minimum absolute atomic E-state index is 0.322. The molecule has 0 saturated heterocycles. The molecule has 31 heavy (non-hydrogen) atoms. The van der Waals surface area contributed by atoms with Crippen LogP contribution in [0.15, 0.2) is 66.9 Å². The van der Waals surface area contributed by atoms with Gasteiger partial charge in [-0.2, -0.15) is 0 Å². The summed E-state index contributed by atoms with van der Waals surface area (Å²) >= 11 is 0. The maximum atomic E-state index is 8.63. The summed E-state index contributed by atoms with van der Waals surface area (Å²) in [5.74, 6) is 1.18. The Bertz CT molecular complexity index is 763. The number of benzene rings is 2. The highest BCUT2D eigenvalue weighted by atomic mass is 16.5. The van der Waals surface area contributed by atoms with E-state index in [9.17, 15) is 0 Å². The molecule has 0 aliphatic rings. The number of hydrogen-bond acceptors (Lipinski definition) is 6. The average molecular weight is 426 g/mol. The number of unbranched alkanes of at least 4 members (excludes halogenated alkanes) is 3. The summed E-state index contributed by atoms with van der Waals surface area (Å²) in [6.45, 7) is 6.09. The highest BCUT2D eigenvalue weighted by molar-refractivity contribution is 5.29. The molecule has 3 aromatic rings. The van der Waals surface area contributed by atoms with E-state index in [4.69, 9.17) is 14.6 Å². The quantitative estimate of drug-likeness (QED) is 0.458. The van der Waals surface area contributed by atoms with Gasteiger partial charge in [0.05, 0.1) is 19.0 Å². The van der Waals surface area contributed by atoms with Crippen LogP contribution in [0.25, 0.3) is 0 Å². The van der Waals surface area contributed by atoms with E-state index in [1.165, 1.54) is 31.2 Å². The van der Waals surface area contributed by atoms with E-state index in [0.29, 0.717) is 5.75 Å². The summed E-state index contributed by atoms with van der Waals surface area (Å²) in [7, 11) is 1.66. The van der Waals surface area contributed by atoms with Crippen LogP contribution in [0.3, 0.4) is 0 Å². The van der Waals surface area contributed by atoms with E-state index < -0.39 is 0 Å². The lowest BCUT2D eigenvalue weighted by Gasteiger charge is -2.02. The first kappa shape index (κ1) is 26.0. The van der Waals surface area contributed by atoms with E-state index in [2.05, 4.69) is 22.3 Å². The van der Waals surface area contributed by atoms with Crippen molar-refractivity contribution in [2.75, 3.05) is 20.3 Å². The number of methoxy groups -OCH3 is 1. The van der Waals surface area contributed by atoms with Gasteiger partial charge < -0.3 is 14.6 Å². The fraction of sp³-hybridized carbons (Fsp3) is 0.400. The van der Waals surface area contributed by atoms with Gasteiger partial charge in [0.15, 0.2) is 0 Å². The number of nitrogens with zero attached hydrogens (tertiary/aromatic N) is 3. The fourth-order valence-corrected chi connectivity index (χ4v) is 2.52. The van der Waals surface area contributed by atoms with Gasteiger partial charge in [0.1, 0.15) is 11.5 Å². The van der Waals surface area contributed by atoms with Crippen LogP contribution >= 0.6 is 0 Å². The molecule has 2 aromatic carbocycles. The Morgan fingerprint density at radius 2 is 1.61 bits per heavy atom. The third kappa shape index (κ3) is 13.8. The molecule has 0 atom stereocenters. The third-order valence-electron chi connectivity index (χ3n) is 4.21. The Morgan fingerprint density at radius 1 is 0.871 bits per heavy atom. The van der Waals surface area contributed by atoms with Crippen molar-refractivity contribution in [3.63, 3.8) is 0 Å². The van der Waals surface area contributed by atoms with E-state index in [0.717, 1.165) is 31.1 Å². The summed E-state index contributed by atoms with van der Waals surface area (Å²) < 4.78 is 10.3. The van der Waals surface area contributed by atoms with Gasteiger partial charge in [-0.05, 0) is 54.5 Å². The molecular formula is C25H35N3O3. The molecule has 1 heterocycles. The predicted molar refractivity (Wildman–Crippen MR) is 124 cm³/mol. The van der Waals surface area contributed by atoms with Crippen molar-refractivity contribution in [2.45, 2.75) is 46.0 Å². The molecule has 6 heteroatoms. The van der Waals surface area contributed by atoms with Crippen LogP contribution in [0.5, 0.6) is 11.5 Å². The van der Waals surface area contributed by atoms with Crippen molar-refractivity contribution in [3.05, 3.63) is 78.1 Å². The molecule has 0 fully saturated rings. The molecule has 0 amide bonds. The highest BCUT2D eigenvalue weighted by Gasteiger charge is 1.98. The van der Waals surface area contributed by atoms with Gasteiger partial charge in [-0.1, -0.05) is 56.5 Å². The summed E-state index contributed by atoms with van der Waals surface area (Å²) in [5, 5.41) is 19.8. The van der Waals surface area contributed by atoms with Crippen molar-refractivity contribution in [1.29, 1.82) is 0 Å². The smallest absolute Gasteiger partial charge is 0.118 e. The minimum Gasteiger partial charge on any atom is -0.508 e. The number of phenols is 1. The number of aromatic nitrogens is 3. The molecule has 0 aliphatic heterocycles. The van der Waals surface area contributed by atoms with E-state index in [1.54, 1.807) is 37.6 Å². The largest absolute Gasteiger partial charge is 0.508 e. The highest BCUT2D eigenvalue weighted by Crippen LogP contribution is 2.13. The lowest BCUT2D eigenvalue weighted by molar-refractivity contribution is 0.143.